The van der Waals surface area contributed by atoms with Gasteiger partial charge in [-0.2, -0.15) is 0 Å². The second kappa shape index (κ2) is 7.59. The second-order valence-electron chi connectivity index (χ2n) is 6.40. The van der Waals surface area contributed by atoms with Crippen molar-refractivity contribution >= 4 is 17.6 Å². The summed E-state index contributed by atoms with van der Waals surface area (Å²) in [7, 11) is 0. The Morgan fingerprint density at radius 2 is 1.88 bits per heavy atom. The molecule has 2 aromatic rings. The molecular formula is C19H19F2N3O2. The van der Waals surface area contributed by atoms with Crippen molar-refractivity contribution in [2.75, 3.05) is 18.4 Å². The van der Waals surface area contributed by atoms with E-state index in [4.69, 9.17) is 0 Å². The molecule has 136 valence electrons. The largest absolute Gasteiger partial charge is 0.339 e. The number of pyridine rings is 1. The van der Waals surface area contributed by atoms with Gasteiger partial charge in [-0.05, 0) is 43.5 Å². The molecule has 0 unspecified atom stereocenters. The molecule has 3 rings (SSSR count). The summed E-state index contributed by atoms with van der Waals surface area (Å²) in [5.41, 5.74) is 0.848. The number of anilines is 1. The number of likely N-dealkylation sites (tertiary alicyclic amines) is 1. The number of carbonyl (C=O) groups is 2. The molecule has 0 aliphatic carbocycles. The highest BCUT2D eigenvalue weighted by molar-refractivity contribution is 5.95. The first kappa shape index (κ1) is 18.0. The van der Waals surface area contributed by atoms with Crippen LogP contribution in [0.5, 0.6) is 0 Å². The minimum absolute atomic E-state index is 0.138. The molecule has 7 heteroatoms. The van der Waals surface area contributed by atoms with Gasteiger partial charge in [0.2, 0.25) is 5.91 Å². The molecule has 0 saturated carbocycles. The molecule has 1 aromatic carbocycles. The lowest BCUT2D eigenvalue weighted by Gasteiger charge is -2.31. The molecule has 1 aliphatic rings. The van der Waals surface area contributed by atoms with Gasteiger partial charge in [-0.3, -0.25) is 9.59 Å². The third-order valence-corrected chi connectivity index (χ3v) is 4.48. The maximum Gasteiger partial charge on any atom is 0.256 e. The van der Waals surface area contributed by atoms with Gasteiger partial charge in [0.15, 0.2) is 0 Å². The van der Waals surface area contributed by atoms with Crippen LogP contribution in [-0.2, 0) is 4.79 Å². The lowest BCUT2D eigenvalue weighted by atomic mass is 9.95. The summed E-state index contributed by atoms with van der Waals surface area (Å²) in [4.78, 5) is 30.4. The van der Waals surface area contributed by atoms with Crippen LogP contribution in [0, 0.1) is 24.5 Å². The van der Waals surface area contributed by atoms with Gasteiger partial charge < -0.3 is 10.2 Å². The summed E-state index contributed by atoms with van der Waals surface area (Å²) in [6.07, 6.45) is 2.63. The molecule has 1 aromatic heterocycles. The van der Waals surface area contributed by atoms with E-state index in [1.54, 1.807) is 12.3 Å². The van der Waals surface area contributed by atoms with E-state index in [2.05, 4.69) is 10.3 Å². The van der Waals surface area contributed by atoms with E-state index >= 15 is 0 Å². The second-order valence-corrected chi connectivity index (χ2v) is 6.40. The van der Waals surface area contributed by atoms with E-state index in [9.17, 15) is 18.4 Å². The van der Waals surface area contributed by atoms with Crippen molar-refractivity contribution in [3.63, 3.8) is 0 Å². The Hall–Kier alpha value is -2.83. The Balaban J connectivity index is 1.57. The van der Waals surface area contributed by atoms with Crippen LogP contribution in [0.25, 0.3) is 0 Å². The summed E-state index contributed by atoms with van der Waals surface area (Å²) in [6.45, 7) is 2.60. The van der Waals surface area contributed by atoms with Crippen LogP contribution < -0.4 is 5.32 Å². The number of rotatable bonds is 3. The van der Waals surface area contributed by atoms with Crippen LogP contribution in [0.1, 0.15) is 28.8 Å². The van der Waals surface area contributed by atoms with E-state index in [1.165, 1.54) is 4.90 Å². The number of benzene rings is 1. The van der Waals surface area contributed by atoms with Crippen molar-refractivity contribution < 1.29 is 18.4 Å². The Morgan fingerprint density at radius 1 is 1.15 bits per heavy atom. The summed E-state index contributed by atoms with van der Waals surface area (Å²) < 4.78 is 26.8. The molecule has 2 amide bonds. The summed E-state index contributed by atoms with van der Waals surface area (Å²) in [5, 5.41) is 2.77. The lowest BCUT2D eigenvalue weighted by Crippen LogP contribution is -2.41. The molecule has 0 atom stereocenters. The van der Waals surface area contributed by atoms with Gasteiger partial charge in [0.05, 0.1) is 5.56 Å². The Kier molecular flexibility index (Phi) is 5.25. The van der Waals surface area contributed by atoms with Gasteiger partial charge in [0, 0.05) is 31.3 Å². The molecule has 1 fully saturated rings. The summed E-state index contributed by atoms with van der Waals surface area (Å²) in [6, 6.07) is 6.51. The average Bonchev–Trinajstić information content (AvgIpc) is 2.63. The number of nitrogens with one attached hydrogen (secondary N) is 1. The van der Waals surface area contributed by atoms with Gasteiger partial charge in [-0.15, -0.1) is 0 Å². The van der Waals surface area contributed by atoms with Crippen LogP contribution >= 0.6 is 0 Å². The first-order chi connectivity index (χ1) is 12.4. The number of carbonyl (C=O) groups excluding carboxylic acids is 2. The molecule has 0 spiro atoms. The zero-order chi connectivity index (χ0) is 18.7. The number of aromatic nitrogens is 1. The zero-order valence-corrected chi connectivity index (χ0v) is 14.3. The van der Waals surface area contributed by atoms with Crippen LogP contribution in [0.3, 0.4) is 0 Å². The van der Waals surface area contributed by atoms with Crippen molar-refractivity contribution in [2.24, 2.45) is 5.92 Å². The van der Waals surface area contributed by atoms with Gasteiger partial charge in [-0.25, -0.2) is 13.8 Å². The highest BCUT2D eigenvalue weighted by Gasteiger charge is 2.29. The highest BCUT2D eigenvalue weighted by atomic mass is 19.1. The highest BCUT2D eigenvalue weighted by Crippen LogP contribution is 2.22. The summed E-state index contributed by atoms with van der Waals surface area (Å²) in [5.74, 6) is -1.96. The maximum absolute atomic E-state index is 13.8. The minimum atomic E-state index is -0.875. The quantitative estimate of drug-likeness (QED) is 0.916. The third kappa shape index (κ3) is 4.04. The number of amides is 2. The standard InChI is InChI=1S/C19H19F2N3O2/c1-12-2-5-17(22-11-12)23-18(25)13-6-8-24(9-7-13)19(26)15-4-3-14(20)10-16(15)21/h2-5,10-11,13H,6-9H2,1H3,(H,22,23,25). The monoisotopic (exact) mass is 359 g/mol. The maximum atomic E-state index is 13.8. The van der Waals surface area contributed by atoms with Gasteiger partial charge in [-0.1, -0.05) is 6.07 Å². The minimum Gasteiger partial charge on any atom is -0.339 e. The number of nitrogens with zero attached hydrogens (tertiary/aromatic N) is 2. The Morgan fingerprint density at radius 3 is 2.50 bits per heavy atom. The number of halogens is 2. The SMILES string of the molecule is Cc1ccc(NC(=O)C2CCN(C(=O)c3ccc(F)cc3F)CC2)nc1. The van der Waals surface area contributed by atoms with E-state index in [-0.39, 0.29) is 17.4 Å². The first-order valence-corrected chi connectivity index (χ1v) is 8.42. The van der Waals surface area contributed by atoms with Gasteiger partial charge >= 0.3 is 0 Å². The lowest BCUT2D eigenvalue weighted by molar-refractivity contribution is -0.121. The van der Waals surface area contributed by atoms with E-state index in [0.29, 0.717) is 37.8 Å². The molecule has 0 radical (unpaired) electrons. The topological polar surface area (TPSA) is 62.3 Å². The van der Waals surface area contributed by atoms with E-state index < -0.39 is 17.5 Å². The molecule has 26 heavy (non-hydrogen) atoms. The Labute approximate surface area is 150 Å². The van der Waals surface area contributed by atoms with Crippen LogP contribution in [0.15, 0.2) is 36.5 Å². The van der Waals surface area contributed by atoms with Gasteiger partial charge in [0.1, 0.15) is 17.5 Å². The molecule has 1 saturated heterocycles. The summed E-state index contributed by atoms with van der Waals surface area (Å²) >= 11 is 0. The fraction of sp³-hybridized carbons (Fsp3) is 0.316. The molecule has 0 bridgehead atoms. The van der Waals surface area contributed by atoms with Crippen molar-refractivity contribution in [1.29, 1.82) is 0 Å². The van der Waals surface area contributed by atoms with Crippen molar-refractivity contribution in [3.05, 3.63) is 59.3 Å². The fourth-order valence-electron chi connectivity index (χ4n) is 2.95. The van der Waals surface area contributed by atoms with Crippen LogP contribution in [-0.4, -0.2) is 34.8 Å². The molecule has 1 N–H and O–H groups in total. The fourth-order valence-corrected chi connectivity index (χ4v) is 2.95. The van der Waals surface area contributed by atoms with Gasteiger partial charge in [0.25, 0.3) is 5.91 Å². The third-order valence-electron chi connectivity index (χ3n) is 4.48. The number of hydrogen-bond acceptors (Lipinski definition) is 3. The molecule has 5 nitrogen and oxygen atoms in total. The van der Waals surface area contributed by atoms with E-state index in [1.807, 2.05) is 13.0 Å². The number of hydrogen-bond donors (Lipinski definition) is 1. The molecule has 2 heterocycles. The molecular weight excluding hydrogens is 340 g/mol. The van der Waals surface area contributed by atoms with Crippen LogP contribution in [0.2, 0.25) is 0 Å². The number of aryl methyl sites for hydroxylation is 1. The van der Waals surface area contributed by atoms with Crippen molar-refractivity contribution in [3.8, 4) is 0 Å². The Bertz CT molecular complexity index is 816. The van der Waals surface area contributed by atoms with Crippen molar-refractivity contribution in [2.45, 2.75) is 19.8 Å². The molecule has 1 aliphatic heterocycles. The average molecular weight is 359 g/mol. The normalized spacial score (nSPS) is 15.0. The zero-order valence-electron chi connectivity index (χ0n) is 14.3. The van der Waals surface area contributed by atoms with Crippen LogP contribution in [0.4, 0.5) is 14.6 Å². The van der Waals surface area contributed by atoms with Crippen molar-refractivity contribution in [1.82, 2.24) is 9.88 Å². The smallest absolute Gasteiger partial charge is 0.256 e. The first-order valence-electron chi connectivity index (χ1n) is 8.42. The predicted molar refractivity (Wildman–Crippen MR) is 92.6 cm³/mol. The predicted octanol–water partition coefficient (Wildman–Crippen LogP) is 3.16. The van der Waals surface area contributed by atoms with E-state index in [0.717, 1.165) is 17.7 Å². The number of piperidine rings is 1.